The number of carbonyl (C=O) groups excluding carboxylic acids is 3. The van der Waals surface area contributed by atoms with Gasteiger partial charge in [-0.05, 0) is 73.0 Å². The molecular weight excluding hydrogens is 428 g/mol. The first-order valence-electron chi connectivity index (χ1n) is 10.2. The minimum Gasteiger partial charge on any atom is -0.465 e. The summed E-state index contributed by atoms with van der Waals surface area (Å²) in [6.45, 7) is 0.604. The summed E-state index contributed by atoms with van der Waals surface area (Å²) in [5.41, 5.74) is 3.38. The van der Waals surface area contributed by atoms with Crippen molar-refractivity contribution in [1.29, 1.82) is 0 Å². The molecule has 1 aliphatic heterocycles. The Kier molecular flexibility index (Phi) is 6.23. The predicted octanol–water partition coefficient (Wildman–Crippen LogP) is 4.97. The number of para-hydroxylation sites is 1. The molecule has 0 saturated carbocycles. The zero-order chi connectivity index (χ0) is 22.7. The number of methoxy groups -OCH3 is 1. The summed E-state index contributed by atoms with van der Waals surface area (Å²) >= 11 is 5.94. The van der Waals surface area contributed by atoms with E-state index in [2.05, 4.69) is 5.32 Å². The second-order valence-corrected chi connectivity index (χ2v) is 7.84. The number of carbonyl (C=O) groups is 3. The fourth-order valence-electron chi connectivity index (χ4n) is 3.77. The van der Waals surface area contributed by atoms with Crippen LogP contribution in [0.15, 0.2) is 66.7 Å². The van der Waals surface area contributed by atoms with Crippen LogP contribution >= 0.6 is 11.6 Å². The Labute approximate surface area is 190 Å². The summed E-state index contributed by atoms with van der Waals surface area (Å²) in [5.74, 6) is -0.972. The van der Waals surface area contributed by atoms with Gasteiger partial charge in [0.05, 0.1) is 18.4 Å². The molecule has 162 valence electrons. The van der Waals surface area contributed by atoms with Crippen LogP contribution in [0.25, 0.3) is 0 Å². The summed E-state index contributed by atoms with van der Waals surface area (Å²) in [4.78, 5) is 39.6. The van der Waals surface area contributed by atoms with Gasteiger partial charge in [-0.3, -0.25) is 9.59 Å². The zero-order valence-electron chi connectivity index (χ0n) is 17.4. The minimum absolute atomic E-state index is 0.105. The lowest BCUT2D eigenvalue weighted by Crippen LogP contribution is -2.35. The van der Waals surface area contributed by atoms with Gasteiger partial charge in [-0.15, -0.1) is 0 Å². The first-order valence-corrected chi connectivity index (χ1v) is 10.5. The first kappa shape index (κ1) is 21.6. The number of esters is 1. The van der Waals surface area contributed by atoms with Crippen LogP contribution in [0.2, 0.25) is 5.02 Å². The van der Waals surface area contributed by atoms with E-state index in [0.29, 0.717) is 28.4 Å². The largest absolute Gasteiger partial charge is 0.465 e. The third-order valence-electron chi connectivity index (χ3n) is 5.38. The van der Waals surface area contributed by atoms with Crippen molar-refractivity contribution in [2.24, 2.45) is 0 Å². The molecule has 2 amide bonds. The Balaban J connectivity index is 1.58. The van der Waals surface area contributed by atoms with Crippen molar-refractivity contribution in [3.05, 3.63) is 94.0 Å². The van der Waals surface area contributed by atoms with E-state index in [9.17, 15) is 14.4 Å². The number of benzene rings is 3. The van der Waals surface area contributed by atoms with Crippen molar-refractivity contribution in [2.45, 2.75) is 12.8 Å². The van der Waals surface area contributed by atoms with Crippen LogP contribution in [0, 0.1) is 0 Å². The van der Waals surface area contributed by atoms with E-state index in [-0.39, 0.29) is 17.4 Å². The maximum atomic E-state index is 13.0. The molecule has 3 aromatic rings. The normalized spacial score (nSPS) is 12.6. The SMILES string of the molecule is COC(=O)c1ccccc1NC(=O)c1ccc2c(c1)CCCN2C(=O)c1ccc(Cl)cc1. The molecule has 1 heterocycles. The summed E-state index contributed by atoms with van der Waals surface area (Å²) in [6, 6.07) is 18.8. The van der Waals surface area contributed by atoms with Gasteiger partial charge in [0, 0.05) is 28.4 Å². The van der Waals surface area contributed by atoms with Crippen LogP contribution in [0.5, 0.6) is 0 Å². The molecule has 3 aromatic carbocycles. The Morgan fingerprint density at radius 1 is 0.969 bits per heavy atom. The number of ether oxygens (including phenoxy) is 1. The molecule has 0 fully saturated rings. The van der Waals surface area contributed by atoms with Gasteiger partial charge in [0.1, 0.15) is 0 Å². The number of halogens is 1. The molecule has 4 rings (SSSR count). The third-order valence-corrected chi connectivity index (χ3v) is 5.63. The van der Waals surface area contributed by atoms with E-state index in [1.807, 2.05) is 0 Å². The number of hydrogen-bond donors (Lipinski definition) is 1. The number of hydrogen-bond acceptors (Lipinski definition) is 4. The van der Waals surface area contributed by atoms with Crippen LogP contribution in [-0.4, -0.2) is 31.4 Å². The standard InChI is InChI=1S/C25H21ClN2O4/c1-32-25(31)20-6-2-3-7-21(20)27-23(29)18-10-13-22-17(15-18)5-4-14-28(22)24(30)16-8-11-19(26)12-9-16/h2-3,6-13,15H,4-5,14H2,1H3,(H,27,29). The fourth-order valence-corrected chi connectivity index (χ4v) is 3.90. The van der Waals surface area contributed by atoms with Crippen molar-refractivity contribution >= 4 is 40.8 Å². The van der Waals surface area contributed by atoms with E-state index in [0.717, 1.165) is 24.1 Å². The topological polar surface area (TPSA) is 75.7 Å². The number of amides is 2. The Morgan fingerprint density at radius 2 is 1.69 bits per heavy atom. The van der Waals surface area contributed by atoms with Crippen molar-refractivity contribution in [1.82, 2.24) is 0 Å². The number of nitrogens with zero attached hydrogens (tertiary/aromatic N) is 1. The lowest BCUT2D eigenvalue weighted by Gasteiger charge is -2.30. The fraction of sp³-hybridized carbons (Fsp3) is 0.160. The third kappa shape index (κ3) is 4.36. The summed E-state index contributed by atoms with van der Waals surface area (Å²) in [5, 5.41) is 3.36. The predicted molar refractivity (Wildman–Crippen MR) is 124 cm³/mol. The van der Waals surface area contributed by atoms with Gasteiger partial charge < -0.3 is 15.0 Å². The van der Waals surface area contributed by atoms with Crippen molar-refractivity contribution in [3.63, 3.8) is 0 Å². The molecule has 0 spiro atoms. The molecule has 0 radical (unpaired) electrons. The maximum Gasteiger partial charge on any atom is 0.339 e. The van der Waals surface area contributed by atoms with Crippen molar-refractivity contribution in [3.8, 4) is 0 Å². The molecule has 0 atom stereocenters. The lowest BCUT2D eigenvalue weighted by molar-refractivity contribution is 0.0601. The second-order valence-electron chi connectivity index (χ2n) is 7.40. The van der Waals surface area contributed by atoms with E-state index < -0.39 is 5.97 Å². The molecule has 7 heteroatoms. The average molecular weight is 449 g/mol. The molecule has 1 N–H and O–H groups in total. The Bertz CT molecular complexity index is 1190. The Hall–Kier alpha value is -3.64. The molecule has 1 aliphatic rings. The highest BCUT2D eigenvalue weighted by Gasteiger charge is 2.25. The highest BCUT2D eigenvalue weighted by molar-refractivity contribution is 6.30. The van der Waals surface area contributed by atoms with Crippen LogP contribution in [-0.2, 0) is 11.2 Å². The smallest absolute Gasteiger partial charge is 0.339 e. The van der Waals surface area contributed by atoms with Gasteiger partial charge in [0.25, 0.3) is 11.8 Å². The number of rotatable bonds is 4. The van der Waals surface area contributed by atoms with E-state index >= 15 is 0 Å². The van der Waals surface area contributed by atoms with Gasteiger partial charge in [-0.25, -0.2) is 4.79 Å². The summed E-state index contributed by atoms with van der Waals surface area (Å²) in [6.07, 6.45) is 1.56. The highest BCUT2D eigenvalue weighted by Crippen LogP contribution is 2.30. The number of aryl methyl sites for hydroxylation is 1. The molecule has 6 nitrogen and oxygen atoms in total. The van der Waals surface area contributed by atoms with E-state index in [1.54, 1.807) is 71.6 Å². The molecule has 0 aliphatic carbocycles. The van der Waals surface area contributed by atoms with E-state index in [1.165, 1.54) is 7.11 Å². The molecule has 0 unspecified atom stereocenters. The van der Waals surface area contributed by atoms with Gasteiger partial charge in [-0.2, -0.15) is 0 Å². The van der Waals surface area contributed by atoms with E-state index in [4.69, 9.17) is 16.3 Å². The second kappa shape index (κ2) is 9.24. The summed E-state index contributed by atoms with van der Waals surface area (Å²) in [7, 11) is 1.29. The first-order chi connectivity index (χ1) is 15.5. The molecule has 0 saturated heterocycles. The van der Waals surface area contributed by atoms with Crippen LogP contribution in [0.3, 0.4) is 0 Å². The van der Waals surface area contributed by atoms with Gasteiger partial charge in [0.2, 0.25) is 0 Å². The number of anilines is 2. The van der Waals surface area contributed by atoms with Gasteiger partial charge in [0.15, 0.2) is 0 Å². The zero-order valence-corrected chi connectivity index (χ0v) is 18.2. The molecular formula is C25H21ClN2O4. The number of fused-ring (bicyclic) bond motifs is 1. The van der Waals surface area contributed by atoms with Gasteiger partial charge in [-0.1, -0.05) is 23.7 Å². The van der Waals surface area contributed by atoms with Crippen molar-refractivity contribution in [2.75, 3.05) is 23.9 Å². The van der Waals surface area contributed by atoms with Crippen LogP contribution in [0.1, 0.15) is 43.1 Å². The minimum atomic E-state index is -0.525. The highest BCUT2D eigenvalue weighted by atomic mass is 35.5. The summed E-state index contributed by atoms with van der Waals surface area (Å²) < 4.78 is 4.78. The quantitative estimate of drug-likeness (QED) is 0.571. The molecule has 0 bridgehead atoms. The molecule has 0 aromatic heterocycles. The average Bonchev–Trinajstić information content (AvgIpc) is 2.83. The van der Waals surface area contributed by atoms with Crippen LogP contribution < -0.4 is 10.2 Å². The molecule has 32 heavy (non-hydrogen) atoms. The van der Waals surface area contributed by atoms with Crippen LogP contribution in [0.4, 0.5) is 11.4 Å². The lowest BCUT2D eigenvalue weighted by atomic mass is 9.98. The van der Waals surface area contributed by atoms with Gasteiger partial charge >= 0.3 is 5.97 Å². The maximum absolute atomic E-state index is 13.0. The monoisotopic (exact) mass is 448 g/mol. The van der Waals surface area contributed by atoms with Crippen molar-refractivity contribution < 1.29 is 19.1 Å². The Morgan fingerprint density at radius 3 is 2.44 bits per heavy atom. The number of nitrogens with one attached hydrogen (secondary N) is 1.